The number of methoxy groups -OCH3 is 1. The van der Waals surface area contributed by atoms with Gasteiger partial charge in [0.15, 0.2) is 0 Å². The summed E-state index contributed by atoms with van der Waals surface area (Å²) < 4.78 is 14.8. The number of piperidine rings is 1. The summed E-state index contributed by atoms with van der Waals surface area (Å²) in [5.41, 5.74) is 2.99. The van der Waals surface area contributed by atoms with E-state index in [1.54, 1.807) is 17.8 Å². The number of amides is 2. The van der Waals surface area contributed by atoms with Gasteiger partial charge in [0.25, 0.3) is 0 Å². The van der Waals surface area contributed by atoms with E-state index in [9.17, 15) is 10.1 Å². The van der Waals surface area contributed by atoms with E-state index in [1.807, 2.05) is 39.1 Å². The summed E-state index contributed by atoms with van der Waals surface area (Å²) in [6.07, 6.45) is 9.03. The van der Waals surface area contributed by atoms with Crippen molar-refractivity contribution >= 4 is 11.5 Å². The molecular weight excluding hydrogens is 448 g/mol. The summed E-state index contributed by atoms with van der Waals surface area (Å²) >= 11 is 0. The van der Waals surface area contributed by atoms with E-state index in [-0.39, 0.29) is 24.2 Å². The van der Waals surface area contributed by atoms with Crippen molar-refractivity contribution in [2.24, 2.45) is 0 Å². The van der Waals surface area contributed by atoms with Crippen molar-refractivity contribution in [3.63, 3.8) is 0 Å². The molecule has 0 aliphatic carbocycles. The van der Waals surface area contributed by atoms with Crippen LogP contribution in [-0.4, -0.2) is 93.8 Å². The van der Waals surface area contributed by atoms with Crippen LogP contribution in [0.4, 0.5) is 4.79 Å². The molecular formula is C24H28N8O3. The molecule has 2 bridgehead atoms. The molecule has 1 N–H and O–H groups in total. The van der Waals surface area contributed by atoms with Gasteiger partial charge < -0.3 is 24.6 Å². The van der Waals surface area contributed by atoms with Crippen LogP contribution in [0.2, 0.25) is 0 Å². The first-order chi connectivity index (χ1) is 17.1. The summed E-state index contributed by atoms with van der Waals surface area (Å²) in [5, 5.41) is 21.8. The smallest absolute Gasteiger partial charge is 0.320 e. The number of likely N-dealkylation sites (tertiary alicyclic amines) is 1. The van der Waals surface area contributed by atoms with E-state index >= 15 is 0 Å². The van der Waals surface area contributed by atoms with Crippen molar-refractivity contribution in [2.45, 2.75) is 31.0 Å². The lowest BCUT2D eigenvalue weighted by atomic mass is 10.0. The maximum atomic E-state index is 13.1. The number of hydrogen-bond donors (Lipinski definition) is 1. The minimum atomic E-state index is 0.138. The number of rotatable bonds is 3. The standard InChI is InChI=1S/C24H28N8O3/c1-34-22-6-16(10-32-23(22)17(7-25)8-27-32)18-9-26-31(11-18)21-2-4-29(5-3-21)24(33)30-12-19-14-35-15-20(13-30)28-19/h6,8-11,19-21,28H,2-5,12-15H2,1H3. The van der Waals surface area contributed by atoms with Crippen LogP contribution >= 0.6 is 0 Å². The molecule has 6 heterocycles. The van der Waals surface area contributed by atoms with Gasteiger partial charge in [0.05, 0.1) is 38.8 Å². The Morgan fingerprint density at radius 3 is 2.60 bits per heavy atom. The average molecular weight is 477 g/mol. The van der Waals surface area contributed by atoms with Gasteiger partial charge >= 0.3 is 6.03 Å². The fourth-order valence-electron chi connectivity index (χ4n) is 5.44. The fourth-order valence-corrected chi connectivity index (χ4v) is 5.44. The summed E-state index contributed by atoms with van der Waals surface area (Å²) in [7, 11) is 1.59. The number of hydrogen-bond acceptors (Lipinski definition) is 7. The van der Waals surface area contributed by atoms with Crippen molar-refractivity contribution < 1.29 is 14.3 Å². The minimum absolute atomic E-state index is 0.138. The number of carbonyl (C=O) groups is 1. The molecule has 0 spiro atoms. The molecule has 3 aliphatic rings. The monoisotopic (exact) mass is 476 g/mol. The van der Waals surface area contributed by atoms with Gasteiger partial charge in [0.1, 0.15) is 22.9 Å². The van der Waals surface area contributed by atoms with Crippen LogP contribution in [-0.2, 0) is 4.74 Å². The number of nitrogens with one attached hydrogen (secondary N) is 1. The summed E-state index contributed by atoms with van der Waals surface area (Å²) in [4.78, 5) is 17.1. The number of ether oxygens (including phenoxy) is 2. The van der Waals surface area contributed by atoms with E-state index < -0.39 is 0 Å². The molecule has 2 unspecified atom stereocenters. The first-order valence-corrected chi connectivity index (χ1v) is 12.0. The lowest BCUT2D eigenvalue weighted by molar-refractivity contribution is -0.00144. The zero-order chi connectivity index (χ0) is 23.9. The molecule has 3 aromatic heterocycles. The number of carbonyl (C=O) groups excluding carboxylic acids is 1. The molecule has 0 aromatic carbocycles. The van der Waals surface area contributed by atoms with Crippen LogP contribution in [0.15, 0.2) is 30.9 Å². The van der Waals surface area contributed by atoms with Crippen molar-refractivity contribution in [2.75, 3.05) is 46.5 Å². The van der Waals surface area contributed by atoms with Crippen LogP contribution in [0, 0.1) is 11.3 Å². The van der Waals surface area contributed by atoms with Crippen molar-refractivity contribution in [1.82, 2.24) is 34.5 Å². The highest BCUT2D eigenvalue weighted by Gasteiger charge is 2.35. The normalized spacial score (nSPS) is 22.9. The number of pyridine rings is 1. The summed E-state index contributed by atoms with van der Waals surface area (Å²) in [6.45, 7) is 4.19. The maximum absolute atomic E-state index is 13.1. The highest BCUT2D eigenvalue weighted by atomic mass is 16.5. The zero-order valence-electron chi connectivity index (χ0n) is 19.6. The summed E-state index contributed by atoms with van der Waals surface area (Å²) in [5.74, 6) is 0.597. The lowest BCUT2D eigenvalue weighted by Crippen LogP contribution is -2.65. The number of piperazine rings is 1. The Balaban J connectivity index is 1.13. The molecule has 6 rings (SSSR count). The number of urea groups is 1. The Morgan fingerprint density at radius 2 is 1.89 bits per heavy atom. The molecule has 11 nitrogen and oxygen atoms in total. The average Bonchev–Trinajstić information content (AvgIpc) is 3.55. The van der Waals surface area contributed by atoms with Gasteiger partial charge in [0.2, 0.25) is 0 Å². The highest BCUT2D eigenvalue weighted by molar-refractivity contribution is 5.75. The van der Waals surface area contributed by atoms with Crippen LogP contribution in [0.1, 0.15) is 24.4 Å². The molecule has 3 saturated heterocycles. The third-order valence-corrected chi connectivity index (χ3v) is 7.22. The molecule has 182 valence electrons. The molecule has 3 aromatic rings. The zero-order valence-corrected chi connectivity index (χ0v) is 19.6. The number of aromatic nitrogens is 4. The van der Waals surface area contributed by atoms with Crippen LogP contribution in [0.25, 0.3) is 16.6 Å². The second-order valence-corrected chi connectivity index (χ2v) is 9.47. The molecule has 2 atom stereocenters. The van der Waals surface area contributed by atoms with Crippen molar-refractivity contribution in [3.05, 3.63) is 36.4 Å². The third kappa shape index (κ3) is 3.98. The van der Waals surface area contributed by atoms with Crippen molar-refractivity contribution in [1.29, 1.82) is 5.26 Å². The number of nitrogens with zero attached hydrogens (tertiary/aromatic N) is 7. The van der Waals surface area contributed by atoms with E-state index in [0.717, 1.165) is 37.1 Å². The second-order valence-electron chi connectivity index (χ2n) is 9.47. The Bertz CT molecular complexity index is 1270. The number of morpholine rings is 1. The molecule has 0 saturated carbocycles. The Labute approximate surface area is 202 Å². The quantitative estimate of drug-likeness (QED) is 0.610. The van der Waals surface area contributed by atoms with E-state index in [2.05, 4.69) is 21.6 Å². The van der Waals surface area contributed by atoms with E-state index in [0.29, 0.717) is 43.1 Å². The molecule has 3 fully saturated rings. The molecule has 35 heavy (non-hydrogen) atoms. The van der Waals surface area contributed by atoms with E-state index in [1.165, 1.54) is 0 Å². The molecule has 11 heteroatoms. The Kier molecular flexibility index (Phi) is 5.54. The van der Waals surface area contributed by atoms with Gasteiger partial charge in [-0.1, -0.05) is 0 Å². The topological polar surface area (TPSA) is 113 Å². The minimum Gasteiger partial charge on any atom is -0.494 e. The fraction of sp³-hybridized carbons (Fsp3) is 0.500. The van der Waals surface area contributed by atoms with Gasteiger partial charge in [-0.05, 0) is 18.9 Å². The van der Waals surface area contributed by atoms with Gasteiger partial charge in [0, 0.05) is 61.8 Å². The molecule has 3 aliphatic heterocycles. The van der Waals surface area contributed by atoms with Gasteiger partial charge in [-0.3, -0.25) is 4.68 Å². The van der Waals surface area contributed by atoms with Gasteiger partial charge in [-0.2, -0.15) is 15.5 Å². The largest absolute Gasteiger partial charge is 0.494 e. The molecule has 2 amide bonds. The van der Waals surface area contributed by atoms with Crippen LogP contribution in [0.3, 0.4) is 0 Å². The first kappa shape index (κ1) is 21.9. The molecule has 0 radical (unpaired) electrons. The van der Waals surface area contributed by atoms with Gasteiger partial charge in [-0.25, -0.2) is 9.31 Å². The van der Waals surface area contributed by atoms with Crippen molar-refractivity contribution in [3.8, 4) is 22.9 Å². The SMILES string of the molecule is COc1cc(-c2cnn(C3CCN(C(=O)N4CC5COCC(C4)N5)CC3)c2)cn2ncc(C#N)c12. The predicted octanol–water partition coefficient (Wildman–Crippen LogP) is 1.51. The van der Waals surface area contributed by atoms with Crippen LogP contribution < -0.4 is 10.1 Å². The third-order valence-electron chi connectivity index (χ3n) is 7.22. The number of fused-ring (bicyclic) bond motifs is 3. The summed E-state index contributed by atoms with van der Waals surface area (Å²) in [6, 6.07) is 4.91. The van der Waals surface area contributed by atoms with Crippen LogP contribution in [0.5, 0.6) is 5.75 Å². The van der Waals surface area contributed by atoms with Gasteiger partial charge in [-0.15, -0.1) is 0 Å². The van der Waals surface area contributed by atoms with E-state index in [4.69, 9.17) is 9.47 Å². The highest BCUT2D eigenvalue weighted by Crippen LogP contribution is 2.31. The number of nitriles is 1. The first-order valence-electron chi connectivity index (χ1n) is 12.0. The second kappa shape index (κ2) is 8.87. The Morgan fingerprint density at radius 1 is 1.11 bits per heavy atom. The predicted molar refractivity (Wildman–Crippen MR) is 126 cm³/mol. The Hall–Kier alpha value is -3.62. The maximum Gasteiger partial charge on any atom is 0.320 e. The lowest BCUT2D eigenvalue weighted by Gasteiger charge is -2.44.